The Labute approximate surface area is 87.7 Å². The number of nitrogens with two attached hydrogens (primary N) is 1. The van der Waals surface area contributed by atoms with E-state index in [1.54, 1.807) is 0 Å². The van der Waals surface area contributed by atoms with Crippen LogP contribution >= 0.6 is 0 Å². The van der Waals surface area contributed by atoms with Gasteiger partial charge in [0.05, 0.1) is 0 Å². The highest BCUT2D eigenvalue weighted by molar-refractivity contribution is 5.79. The van der Waals surface area contributed by atoms with Crippen molar-refractivity contribution in [1.82, 2.24) is 9.55 Å². The number of H-pyrrole nitrogens is 1. The van der Waals surface area contributed by atoms with E-state index < -0.39 is 0 Å². The Morgan fingerprint density at radius 2 is 2.33 bits per heavy atom. The molecule has 2 heterocycles. The molecule has 4 nitrogen and oxygen atoms in total. The number of aryl methyl sites for hydroxylation is 2. The molecule has 0 aliphatic heterocycles. The van der Waals surface area contributed by atoms with Crippen molar-refractivity contribution in [2.45, 2.75) is 19.9 Å². The average molecular weight is 205 g/mol. The van der Waals surface area contributed by atoms with Gasteiger partial charge < -0.3 is 15.3 Å². The average Bonchev–Trinajstić information content (AvgIpc) is 2.58. The standard InChI is InChI=1S/C11H15N3O/c1-8-7-9-3-6-14(5-2-4-12)10(9)11(15)13-8/h3,6-7H,2,4-5,12H2,1H3,(H,13,15). The predicted molar refractivity (Wildman–Crippen MR) is 61.0 cm³/mol. The van der Waals surface area contributed by atoms with Gasteiger partial charge in [0.2, 0.25) is 0 Å². The summed E-state index contributed by atoms with van der Waals surface area (Å²) in [4.78, 5) is 14.5. The van der Waals surface area contributed by atoms with Crippen LogP contribution in [0, 0.1) is 6.92 Å². The monoisotopic (exact) mass is 205 g/mol. The Morgan fingerprint density at radius 3 is 3.07 bits per heavy atom. The second kappa shape index (κ2) is 3.90. The lowest BCUT2D eigenvalue weighted by Gasteiger charge is -2.03. The Bertz CT molecular complexity index is 524. The Morgan fingerprint density at radius 1 is 1.53 bits per heavy atom. The minimum absolute atomic E-state index is 0.0213. The summed E-state index contributed by atoms with van der Waals surface area (Å²) in [5, 5.41) is 0.994. The first-order chi connectivity index (χ1) is 7.22. The summed E-state index contributed by atoms with van der Waals surface area (Å²) in [7, 11) is 0. The molecule has 0 fully saturated rings. The topological polar surface area (TPSA) is 63.8 Å². The molecular weight excluding hydrogens is 190 g/mol. The summed E-state index contributed by atoms with van der Waals surface area (Å²) in [5.74, 6) is 0. The number of rotatable bonds is 3. The molecule has 15 heavy (non-hydrogen) atoms. The number of nitrogens with zero attached hydrogens (tertiary/aromatic N) is 1. The van der Waals surface area contributed by atoms with Crippen LogP contribution in [0.25, 0.3) is 10.9 Å². The van der Waals surface area contributed by atoms with Crippen LogP contribution in [-0.2, 0) is 6.54 Å². The number of pyridine rings is 1. The first-order valence-corrected chi connectivity index (χ1v) is 5.11. The first kappa shape index (κ1) is 9.98. The van der Waals surface area contributed by atoms with E-state index in [1.165, 1.54) is 0 Å². The fraction of sp³-hybridized carbons (Fsp3) is 0.364. The van der Waals surface area contributed by atoms with Crippen LogP contribution < -0.4 is 11.3 Å². The lowest BCUT2D eigenvalue weighted by atomic mass is 10.3. The second-order valence-corrected chi connectivity index (χ2v) is 3.74. The summed E-state index contributed by atoms with van der Waals surface area (Å²) >= 11 is 0. The summed E-state index contributed by atoms with van der Waals surface area (Å²) in [6, 6.07) is 3.95. The fourth-order valence-electron chi connectivity index (χ4n) is 1.82. The van der Waals surface area contributed by atoms with Crippen LogP contribution in [-0.4, -0.2) is 16.1 Å². The molecule has 2 aromatic rings. The smallest absolute Gasteiger partial charge is 0.272 e. The van der Waals surface area contributed by atoms with Crippen LogP contribution in [0.3, 0.4) is 0 Å². The number of hydrogen-bond donors (Lipinski definition) is 2. The van der Waals surface area contributed by atoms with Gasteiger partial charge in [0.15, 0.2) is 0 Å². The molecule has 0 aromatic carbocycles. The van der Waals surface area contributed by atoms with Crippen LogP contribution in [0.1, 0.15) is 12.1 Å². The van der Waals surface area contributed by atoms with E-state index in [4.69, 9.17) is 5.73 Å². The van der Waals surface area contributed by atoms with Gasteiger partial charge in [-0.1, -0.05) is 0 Å². The van der Waals surface area contributed by atoms with Gasteiger partial charge in [-0.2, -0.15) is 0 Å². The zero-order valence-electron chi connectivity index (χ0n) is 8.79. The first-order valence-electron chi connectivity index (χ1n) is 5.11. The highest BCUT2D eigenvalue weighted by atomic mass is 16.1. The van der Waals surface area contributed by atoms with Crippen LogP contribution in [0.2, 0.25) is 0 Å². The maximum Gasteiger partial charge on any atom is 0.272 e. The van der Waals surface area contributed by atoms with Gasteiger partial charge in [-0.3, -0.25) is 4.79 Å². The molecule has 4 heteroatoms. The second-order valence-electron chi connectivity index (χ2n) is 3.74. The molecule has 80 valence electrons. The van der Waals surface area contributed by atoms with E-state index >= 15 is 0 Å². The molecule has 0 radical (unpaired) electrons. The minimum atomic E-state index is -0.0213. The van der Waals surface area contributed by atoms with Gasteiger partial charge in [-0.25, -0.2) is 0 Å². The van der Waals surface area contributed by atoms with Gasteiger partial charge in [-0.05, 0) is 32.0 Å². The van der Waals surface area contributed by atoms with Gasteiger partial charge in [0.25, 0.3) is 5.56 Å². The van der Waals surface area contributed by atoms with E-state index in [9.17, 15) is 4.79 Å². The summed E-state index contributed by atoms with van der Waals surface area (Å²) < 4.78 is 1.96. The third-order valence-corrected chi connectivity index (χ3v) is 2.50. The van der Waals surface area contributed by atoms with Crippen molar-refractivity contribution in [2.75, 3.05) is 6.54 Å². The Kier molecular flexibility index (Phi) is 2.60. The zero-order chi connectivity index (χ0) is 10.8. The van der Waals surface area contributed by atoms with Crippen molar-refractivity contribution in [3.63, 3.8) is 0 Å². The van der Waals surface area contributed by atoms with E-state index in [-0.39, 0.29) is 5.56 Å². The molecule has 0 aliphatic rings. The molecular formula is C11H15N3O. The SMILES string of the molecule is Cc1cc2ccn(CCCN)c2c(=O)[nH]1. The number of aromatic nitrogens is 2. The van der Waals surface area contributed by atoms with E-state index in [0.717, 1.165) is 29.6 Å². The van der Waals surface area contributed by atoms with Crippen molar-refractivity contribution in [3.05, 3.63) is 34.4 Å². The lowest BCUT2D eigenvalue weighted by Crippen LogP contribution is -2.13. The number of fused-ring (bicyclic) bond motifs is 1. The van der Waals surface area contributed by atoms with E-state index in [0.29, 0.717) is 6.54 Å². The van der Waals surface area contributed by atoms with Crippen LogP contribution in [0.15, 0.2) is 23.1 Å². The van der Waals surface area contributed by atoms with Crippen LogP contribution in [0.4, 0.5) is 0 Å². The largest absolute Gasteiger partial charge is 0.343 e. The molecule has 3 N–H and O–H groups in total. The molecule has 0 saturated carbocycles. The van der Waals surface area contributed by atoms with Crippen LogP contribution in [0.5, 0.6) is 0 Å². The highest BCUT2D eigenvalue weighted by Gasteiger charge is 2.05. The van der Waals surface area contributed by atoms with Crippen molar-refractivity contribution in [2.24, 2.45) is 5.73 Å². The molecule has 0 amide bonds. The molecule has 0 saturated heterocycles. The van der Waals surface area contributed by atoms with E-state index in [1.807, 2.05) is 29.8 Å². The number of nitrogens with one attached hydrogen (secondary N) is 1. The molecule has 0 spiro atoms. The molecule has 0 bridgehead atoms. The number of hydrogen-bond acceptors (Lipinski definition) is 2. The summed E-state index contributed by atoms with van der Waals surface area (Å²) in [6.07, 6.45) is 2.83. The quantitative estimate of drug-likeness (QED) is 0.784. The summed E-state index contributed by atoms with van der Waals surface area (Å²) in [6.45, 7) is 3.33. The summed E-state index contributed by atoms with van der Waals surface area (Å²) in [5.41, 5.74) is 7.07. The zero-order valence-corrected chi connectivity index (χ0v) is 8.79. The molecule has 2 rings (SSSR count). The number of aromatic amines is 1. The Hall–Kier alpha value is -1.55. The van der Waals surface area contributed by atoms with Crippen molar-refractivity contribution < 1.29 is 0 Å². The van der Waals surface area contributed by atoms with Gasteiger partial charge in [0.1, 0.15) is 5.52 Å². The molecule has 0 atom stereocenters. The maximum absolute atomic E-state index is 11.7. The van der Waals surface area contributed by atoms with Crippen molar-refractivity contribution in [3.8, 4) is 0 Å². The normalized spacial score (nSPS) is 11.1. The van der Waals surface area contributed by atoms with Gasteiger partial charge >= 0.3 is 0 Å². The highest BCUT2D eigenvalue weighted by Crippen LogP contribution is 2.12. The maximum atomic E-state index is 11.7. The molecule has 0 aliphatic carbocycles. The van der Waals surface area contributed by atoms with Crippen molar-refractivity contribution in [1.29, 1.82) is 0 Å². The van der Waals surface area contributed by atoms with Gasteiger partial charge in [0, 0.05) is 23.8 Å². The van der Waals surface area contributed by atoms with Gasteiger partial charge in [-0.15, -0.1) is 0 Å². The molecule has 2 aromatic heterocycles. The lowest BCUT2D eigenvalue weighted by molar-refractivity contribution is 0.669. The Balaban J connectivity index is 2.54. The predicted octanol–water partition coefficient (Wildman–Crippen LogP) is 0.987. The van der Waals surface area contributed by atoms with E-state index in [2.05, 4.69) is 4.98 Å². The van der Waals surface area contributed by atoms with Crippen molar-refractivity contribution >= 4 is 10.9 Å². The molecule has 0 unspecified atom stereocenters. The minimum Gasteiger partial charge on any atom is -0.343 e. The third kappa shape index (κ3) is 1.80. The third-order valence-electron chi connectivity index (χ3n) is 2.50. The fourth-order valence-corrected chi connectivity index (χ4v) is 1.82.